The molecule has 0 unspecified atom stereocenters. The molecule has 2 aromatic heterocycles. The van der Waals surface area contributed by atoms with Crippen molar-refractivity contribution in [2.45, 2.75) is 50.7 Å². The molecular formula is C30H39FN6O3. The zero-order valence-electron chi connectivity index (χ0n) is 23.1. The smallest absolute Gasteiger partial charge is 0.326 e. The molecule has 0 aliphatic carbocycles. The molecule has 214 valence electrons. The normalized spacial score (nSPS) is 14.3. The molecule has 3 aromatic rings. The number of nitrogens with zero attached hydrogens (tertiary/aromatic N) is 4. The average molecular weight is 551 g/mol. The van der Waals surface area contributed by atoms with E-state index in [1.54, 1.807) is 6.20 Å². The van der Waals surface area contributed by atoms with Gasteiger partial charge in [0.2, 0.25) is 0 Å². The number of ether oxygens (including phenoxy) is 1. The minimum Gasteiger partial charge on any atom is -0.480 e. The molecule has 4 rings (SSSR count). The fourth-order valence-corrected chi connectivity index (χ4v) is 4.87. The maximum Gasteiger partial charge on any atom is 0.326 e. The van der Waals surface area contributed by atoms with Crippen molar-refractivity contribution in [3.05, 3.63) is 66.1 Å². The summed E-state index contributed by atoms with van der Waals surface area (Å²) >= 11 is 0. The number of carboxylic acid groups (broad SMARTS) is 1. The number of methoxy groups -OCH3 is 1. The summed E-state index contributed by atoms with van der Waals surface area (Å²) in [6, 6.07) is 13.0. The molecule has 1 aliphatic heterocycles. The second kappa shape index (κ2) is 15.2. The van der Waals surface area contributed by atoms with Crippen LogP contribution in [0.3, 0.4) is 0 Å². The van der Waals surface area contributed by atoms with Gasteiger partial charge in [0, 0.05) is 38.0 Å². The SMILES string of the molecule is COC[C@@H](F)CN(CCCCc1ccc2c(n1)NCCC2)CC[C@H](Nc1cnc(-c2ccccc2)cn1)C(=O)O. The first-order chi connectivity index (χ1) is 19.5. The van der Waals surface area contributed by atoms with Crippen LogP contribution in [0.4, 0.5) is 16.0 Å². The van der Waals surface area contributed by atoms with Crippen molar-refractivity contribution in [2.75, 3.05) is 50.5 Å². The van der Waals surface area contributed by atoms with Crippen molar-refractivity contribution >= 4 is 17.6 Å². The fourth-order valence-electron chi connectivity index (χ4n) is 4.87. The van der Waals surface area contributed by atoms with Crippen molar-refractivity contribution in [1.82, 2.24) is 19.9 Å². The summed E-state index contributed by atoms with van der Waals surface area (Å²) in [6.45, 7) is 2.23. The van der Waals surface area contributed by atoms with Gasteiger partial charge in [-0.15, -0.1) is 0 Å². The Balaban J connectivity index is 1.29. The van der Waals surface area contributed by atoms with Gasteiger partial charge in [-0.1, -0.05) is 36.4 Å². The summed E-state index contributed by atoms with van der Waals surface area (Å²) in [7, 11) is 1.48. The first kappa shape index (κ1) is 29.4. The standard InChI is InChI=1S/C30H39FN6O3/c1-40-21-24(31)20-37(16-6-5-11-25-13-12-23-10-7-15-32-29(23)35-25)17-14-26(30(38)39)36-28-19-33-27(18-34-28)22-8-3-2-4-9-22/h2-4,8-9,12-13,18-19,24,26H,5-7,10-11,14-17,20-21H2,1H3,(H,32,35)(H,34,36)(H,38,39)/t24-,26-/m0/s1. The highest BCUT2D eigenvalue weighted by molar-refractivity contribution is 5.76. The number of pyridine rings is 1. The molecule has 0 fully saturated rings. The molecule has 0 amide bonds. The van der Waals surface area contributed by atoms with Crippen LogP contribution in [-0.4, -0.2) is 83.0 Å². The van der Waals surface area contributed by atoms with Crippen LogP contribution in [0.2, 0.25) is 0 Å². The summed E-state index contributed by atoms with van der Waals surface area (Å²) in [5.41, 5.74) is 3.96. The Morgan fingerprint density at radius 1 is 1.15 bits per heavy atom. The lowest BCUT2D eigenvalue weighted by atomic mass is 10.1. The van der Waals surface area contributed by atoms with Gasteiger partial charge < -0.3 is 25.4 Å². The van der Waals surface area contributed by atoms with E-state index >= 15 is 0 Å². The molecule has 0 bridgehead atoms. The van der Waals surface area contributed by atoms with Gasteiger partial charge in [-0.25, -0.2) is 19.2 Å². The number of hydrogen-bond donors (Lipinski definition) is 3. The van der Waals surface area contributed by atoms with E-state index in [0.29, 0.717) is 24.6 Å². The molecule has 1 aromatic carbocycles. The molecule has 0 saturated heterocycles. The molecule has 0 saturated carbocycles. The largest absolute Gasteiger partial charge is 0.480 e. The Kier molecular flexibility index (Phi) is 11.2. The maximum absolute atomic E-state index is 14.5. The Bertz CT molecular complexity index is 1200. The number of aliphatic carboxylic acids is 1. The molecule has 10 heteroatoms. The number of aryl methyl sites for hydroxylation is 2. The highest BCUT2D eigenvalue weighted by Crippen LogP contribution is 2.21. The third-order valence-corrected chi connectivity index (χ3v) is 6.99. The Hall–Kier alpha value is -3.63. The van der Waals surface area contributed by atoms with E-state index in [0.717, 1.165) is 55.7 Å². The first-order valence-electron chi connectivity index (χ1n) is 14.0. The van der Waals surface area contributed by atoms with E-state index in [1.807, 2.05) is 35.2 Å². The van der Waals surface area contributed by atoms with E-state index in [2.05, 4.69) is 32.7 Å². The van der Waals surface area contributed by atoms with E-state index in [-0.39, 0.29) is 19.6 Å². The van der Waals surface area contributed by atoms with Crippen LogP contribution >= 0.6 is 0 Å². The number of alkyl halides is 1. The van der Waals surface area contributed by atoms with Crippen LogP contribution in [0.1, 0.15) is 36.9 Å². The minimum absolute atomic E-state index is 0.00646. The summed E-state index contributed by atoms with van der Waals surface area (Å²) in [5, 5.41) is 16.2. The van der Waals surface area contributed by atoms with Crippen LogP contribution in [-0.2, 0) is 22.4 Å². The predicted octanol–water partition coefficient (Wildman–Crippen LogP) is 4.46. The Labute approximate surface area is 235 Å². The lowest BCUT2D eigenvalue weighted by molar-refractivity contribution is -0.138. The summed E-state index contributed by atoms with van der Waals surface area (Å²) in [6.07, 6.45) is 7.10. The summed E-state index contributed by atoms with van der Waals surface area (Å²) in [4.78, 5) is 27.5. The lowest BCUT2D eigenvalue weighted by Crippen LogP contribution is -2.38. The summed E-state index contributed by atoms with van der Waals surface area (Å²) < 4.78 is 19.4. The third-order valence-electron chi connectivity index (χ3n) is 6.99. The predicted molar refractivity (Wildman–Crippen MR) is 154 cm³/mol. The van der Waals surface area contributed by atoms with Crippen molar-refractivity contribution in [3.8, 4) is 11.3 Å². The fraction of sp³-hybridized carbons (Fsp3) is 0.467. The van der Waals surface area contributed by atoms with Gasteiger partial charge in [0.15, 0.2) is 0 Å². The highest BCUT2D eigenvalue weighted by Gasteiger charge is 2.21. The number of rotatable bonds is 16. The number of unbranched alkanes of at least 4 members (excludes halogenated alkanes) is 1. The van der Waals surface area contributed by atoms with E-state index in [4.69, 9.17) is 9.72 Å². The van der Waals surface area contributed by atoms with Crippen LogP contribution in [0, 0.1) is 0 Å². The van der Waals surface area contributed by atoms with Gasteiger partial charge in [0.1, 0.15) is 23.8 Å². The number of nitrogens with one attached hydrogen (secondary N) is 2. The Morgan fingerprint density at radius 2 is 2.00 bits per heavy atom. The highest BCUT2D eigenvalue weighted by atomic mass is 19.1. The molecular weight excluding hydrogens is 511 g/mol. The number of benzene rings is 1. The van der Waals surface area contributed by atoms with Crippen molar-refractivity contribution in [1.29, 1.82) is 0 Å². The van der Waals surface area contributed by atoms with Crippen LogP contribution in [0.5, 0.6) is 0 Å². The van der Waals surface area contributed by atoms with Gasteiger partial charge in [-0.2, -0.15) is 0 Å². The quantitative estimate of drug-likeness (QED) is 0.223. The molecule has 2 atom stereocenters. The molecule has 9 nitrogen and oxygen atoms in total. The third kappa shape index (κ3) is 8.96. The topological polar surface area (TPSA) is 113 Å². The van der Waals surface area contributed by atoms with Crippen molar-refractivity contribution in [2.24, 2.45) is 0 Å². The van der Waals surface area contributed by atoms with Crippen LogP contribution in [0.15, 0.2) is 54.9 Å². The number of anilines is 2. The monoisotopic (exact) mass is 550 g/mol. The molecule has 40 heavy (non-hydrogen) atoms. The molecule has 1 aliphatic rings. The van der Waals surface area contributed by atoms with E-state index in [1.165, 1.54) is 18.9 Å². The zero-order chi connectivity index (χ0) is 28.2. The van der Waals surface area contributed by atoms with Gasteiger partial charge >= 0.3 is 5.97 Å². The average Bonchev–Trinajstić information content (AvgIpc) is 2.98. The van der Waals surface area contributed by atoms with Gasteiger partial charge in [0.25, 0.3) is 0 Å². The number of fused-ring (bicyclic) bond motifs is 1. The molecule has 3 N–H and O–H groups in total. The number of carboxylic acids is 1. The van der Waals surface area contributed by atoms with Crippen molar-refractivity contribution in [3.63, 3.8) is 0 Å². The molecule has 3 heterocycles. The zero-order valence-corrected chi connectivity index (χ0v) is 23.1. The van der Waals surface area contributed by atoms with Crippen LogP contribution < -0.4 is 10.6 Å². The Morgan fingerprint density at radius 3 is 2.75 bits per heavy atom. The maximum atomic E-state index is 14.5. The second-order valence-electron chi connectivity index (χ2n) is 10.1. The lowest BCUT2D eigenvalue weighted by Gasteiger charge is -2.26. The molecule has 0 spiro atoms. The van der Waals surface area contributed by atoms with Crippen molar-refractivity contribution < 1.29 is 19.0 Å². The number of hydrogen-bond acceptors (Lipinski definition) is 8. The van der Waals surface area contributed by atoms with Gasteiger partial charge in [-0.05, 0) is 56.7 Å². The second-order valence-corrected chi connectivity index (χ2v) is 10.1. The van der Waals surface area contributed by atoms with E-state index in [9.17, 15) is 14.3 Å². The van der Waals surface area contributed by atoms with Gasteiger partial charge in [-0.3, -0.25) is 4.98 Å². The number of halogens is 1. The summed E-state index contributed by atoms with van der Waals surface area (Å²) in [5.74, 6) is 0.389. The minimum atomic E-state index is -1.15. The van der Waals surface area contributed by atoms with E-state index < -0.39 is 18.2 Å². The number of aromatic nitrogens is 3. The number of carbonyl (C=O) groups is 1. The van der Waals surface area contributed by atoms with Crippen LogP contribution in [0.25, 0.3) is 11.3 Å². The van der Waals surface area contributed by atoms with Gasteiger partial charge in [0.05, 0.1) is 24.7 Å². The molecule has 0 radical (unpaired) electrons. The first-order valence-corrected chi connectivity index (χ1v) is 14.0.